The first kappa shape index (κ1) is 32.4. The van der Waals surface area contributed by atoms with Crippen LogP contribution in [0.25, 0.3) is 0 Å². The molecule has 0 spiro atoms. The molecule has 244 valence electrons. The summed E-state index contributed by atoms with van der Waals surface area (Å²) in [5.74, 6) is 7.80. The van der Waals surface area contributed by atoms with E-state index in [0.717, 1.165) is 62.7 Å². The first-order valence-electron chi connectivity index (χ1n) is 18.1. The van der Waals surface area contributed by atoms with E-state index in [2.05, 4.69) is 77.2 Å². The lowest BCUT2D eigenvalue weighted by atomic mass is 9.33. The lowest BCUT2D eigenvalue weighted by molar-refractivity contribution is -0.221. The SMILES string of the molecule is C=C(C)[C@@H]1CC[C@]2(NCCN3CCC(S(=C)(C)=O)CC3)CC[C@]3(C)[C@H](CC[C@@H]4[C@@]5(C)CC=C(C)C(C)(C)[C@@H]5CC[C@]43C)[C@@H]12. The first-order chi connectivity index (χ1) is 20.0. The lowest BCUT2D eigenvalue weighted by Gasteiger charge is -2.72. The van der Waals surface area contributed by atoms with Crippen LogP contribution >= 0.6 is 0 Å². The minimum Gasteiger partial charge on any atom is -0.310 e. The van der Waals surface area contributed by atoms with Gasteiger partial charge in [-0.3, -0.25) is 4.21 Å². The van der Waals surface area contributed by atoms with Crippen LogP contribution in [0.2, 0.25) is 0 Å². The van der Waals surface area contributed by atoms with Crippen molar-refractivity contribution in [3.63, 3.8) is 0 Å². The lowest BCUT2D eigenvalue weighted by Crippen LogP contribution is -2.68. The summed E-state index contributed by atoms with van der Waals surface area (Å²) in [5, 5.41) is 4.62. The number of hydrogen-bond donors (Lipinski definition) is 1. The van der Waals surface area contributed by atoms with E-state index in [-0.39, 0.29) is 5.54 Å². The van der Waals surface area contributed by atoms with Gasteiger partial charge >= 0.3 is 0 Å². The van der Waals surface area contributed by atoms with Crippen LogP contribution in [0.1, 0.15) is 119 Å². The van der Waals surface area contributed by atoms with Crippen LogP contribution < -0.4 is 5.32 Å². The van der Waals surface area contributed by atoms with Gasteiger partial charge in [0.05, 0.1) is 0 Å². The molecular formula is C39H66N2OS. The van der Waals surface area contributed by atoms with Crippen molar-refractivity contribution in [3.8, 4) is 0 Å². The minimum atomic E-state index is -1.92. The van der Waals surface area contributed by atoms with Crippen LogP contribution in [0.5, 0.6) is 0 Å². The molecule has 1 aliphatic heterocycles. The fourth-order valence-electron chi connectivity index (χ4n) is 13.3. The molecule has 1 unspecified atom stereocenters. The van der Waals surface area contributed by atoms with E-state index < -0.39 is 9.52 Å². The summed E-state index contributed by atoms with van der Waals surface area (Å²) in [7, 11) is -1.92. The Bertz CT molecular complexity index is 1240. The van der Waals surface area contributed by atoms with Crippen molar-refractivity contribution >= 4 is 15.4 Å². The third kappa shape index (κ3) is 4.83. The van der Waals surface area contributed by atoms with E-state index in [1.54, 1.807) is 5.57 Å². The number of piperidine rings is 1. The third-order valence-electron chi connectivity index (χ3n) is 16.2. The van der Waals surface area contributed by atoms with Crippen molar-refractivity contribution in [2.75, 3.05) is 32.4 Å². The molecule has 43 heavy (non-hydrogen) atoms. The van der Waals surface area contributed by atoms with Crippen LogP contribution in [-0.2, 0) is 9.52 Å². The van der Waals surface area contributed by atoms with Crippen molar-refractivity contribution in [2.45, 2.75) is 130 Å². The monoisotopic (exact) mass is 610 g/mol. The average molecular weight is 611 g/mol. The largest absolute Gasteiger partial charge is 0.310 e. The van der Waals surface area contributed by atoms with Gasteiger partial charge < -0.3 is 10.2 Å². The van der Waals surface area contributed by atoms with Crippen molar-refractivity contribution in [1.29, 1.82) is 0 Å². The molecule has 3 nitrogen and oxygen atoms in total. The molecule has 5 aliphatic carbocycles. The number of likely N-dealkylation sites (tertiary alicyclic amines) is 1. The normalized spacial score (nSPS) is 47.8. The number of fused-ring (bicyclic) bond motifs is 7. The topological polar surface area (TPSA) is 32.3 Å². The van der Waals surface area contributed by atoms with E-state index in [1.807, 2.05) is 6.26 Å². The number of rotatable bonds is 6. The Kier molecular flexibility index (Phi) is 8.07. The van der Waals surface area contributed by atoms with Crippen molar-refractivity contribution < 1.29 is 4.21 Å². The number of hydrogen-bond acceptors (Lipinski definition) is 3. The molecule has 4 saturated carbocycles. The predicted octanol–water partition coefficient (Wildman–Crippen LogP) is 8.35. The fraction of sp³-hybridized carbons (Fsp3) is 0.872. The maximum absolute atomic E-state index is 12.5. The predicted molar refractivity (Wildman–Crippen MR) is 187 cm³/mol. The Balaban J connectivity index is 1.22. The average Bonchev–Trinajstić information content (AvgIpc) is 3.31. The molecule has 0 amide bonds. The highest BCUT2D eigenvalue weighted by molar-refractivity contribution is 8.00. The van der Waals surface area contributed by atoms with E-state index in [4.69, 9.17) is 0 Å². The smallest absolute Gasteiger partial charge is 0.0293 e. The molecule has 10 atom stereocenters. The summed E-state index contributed by atoms with van der Waals surface area (Å²) in [5.41, 5.74) is 4.92. The molecule has 5 fully saturated rings. The number of nitrogens with one attached hydrogen (secondary N) is 1. The van der Waals surface area contributed by atoms with Gasteiger partial charge in [-0.05, 0) is 164 Å². The summed E-state index contributed by atoms with van der Waals surface area (Å²) < 4.78 is 12.5. The van der Waals surface area contributed by atoms with Gasteiger partial charge in [0.15, 0.2) is 0 Å². The summed E-state index contributed by atoms with van der Waals surface area (Å²) in [6.07, 6.45) is 18.9. The standard InChI is InChI=1S/C39H66N2OS/c1-27(2)30-14-20-39(40-23-26-41-24-16-29(17-25-41)43(9,10)42)22-21-37(7)31(34(30)39)11-12-33-36(6)18-13-28(3)35(4,5)32(36)15-19-38(33,37)8/h13,29-34,40H,1,9,11-12,14-26H2,2-8,10H3/t30-,31+,32-,33+,34+,36-,37+,38+,39-,43?/m0/s1. The van der Waals surface area contributed by atoms with Gasteiger partial charge in [-0.2, -0.15) is 0 Å². The maximum Gasteiger partial charge on any atom is 0.0293 e. The van der Waals surface area contributed by atoms with Crippen LogP contribution in [0.3, 0.4) is 0 Å². The second kappa shape index (κ2) is 10.7. The molecule has 6 aliphatic rings. The van der Waals surface area contributed by atoms with Crippen molar-refractivity contribution in [2.24, 2.45) is 51.2 Å². The second-order valence-corrected chi connectivity index (χ2v) is 21.0. The Morgan fingerprint density at radius 1 is 0.953 bits per heavy atom. The van der Waals surface area contributed by atoms with E-state index in [0.29, 0.717) is 32.8 Å². The number of nitrogens with zero attached hydrogens (tertiary/aromatic N) is 1. The first-order valence-corrected chi connectivity index (χ1v) is 20.3. The zero-order valence-corrected chi connectivity index (χ0v) is 30.1. The molecule has 0 aromatic rings. The van der Waals surface area contributed by atoms with Crippen molar-refractivity contribution in [3.05, 3.63) is 23.8 Å². The summed E-state index contributed by atoms with van der Waals surface area (Å²) in [4.78, 5) is 2.62. The van der Waals surface area contributed by atoms with Gasteiger partial charge in [0.2, 0.25) is 0 Å². The maximum atomic E-state index is 12.5. The van der Waals surface area contributed by atoms with Gasteiger partial charge in [0.1, 0.15) is 0 Å². The summed E-state index contributed by atoms with van der Waals surface area (Å²) >= 11 is 0. The molecule has 0 aromatic carbocycles. The zero-order valence-electron chi connectivity index (χ0n) is 29.3. The van der Waals surface area contributed by atoms with Crippen LogP contribution in [0, 0.1) is 51.2 Å². The minimum absolute atomic E-state index is 0.272. The van der Waals surface area contributed by atoms with Gasteiger partial charge in [-0.15, -0.1) is 0 Å². The van der Waals surface area contributed by atoms with E-state index in [9.17, 15) is 4.21 Å². The second-order valence-electron chi connectivity index (χ2n) is 18.2. The summed E-state index contributed by atoms with van der Waals surface area (Å²) in [6, 6.07) is 0. The Hall–Kier alpha value is -0.580. The quantitative estimate of drug-likeness (QED) is 0.242. The Morgan fingerprint density at radius 2 is 1.65 bits per heavy atom. The van der Waals surface area contributed by atoms with Gasteiger partial charge in [-0.25, -0.2) is 0 Å². The molecule has 4 heteroatoms. The van der Waals surface area contributed by atoms with Crippen LogP contribution in [0.15, 0.2) is 23.8 Å². The highest BCUT2D eigenvalue weighted by Gasteiger charge is 2.70. The van der Waals surface area contributed by atoms with Crippen LogP contribution in [0.4, 0.5) is 0 Å². The fourth-order valence-corrected chi connectivity index (χ4v) is 14.5. The van der Waals surface area contributed by atoms with Gasteiger partial charge in [-0.1, -0.05) is 58.4 Å². The Morgan fingerprint density at radius 3 is 2.30 bits per heavy atom. The van der Waals surface area contributed by atoms with Crippen LogP contribution in [-0.4, -0.2) is 58.2 Å². The number of allylic oxidation sites excluding steroid dienone is 3. The molecule has 1 saturated heterocycles. The molecule has 0 bridgehead atoms. The van der Waals surface area contributed by atoms with E-state index in [1.165, 1.54) is 63.4 Å². The molecule has 0 aromatic heterocycles. The van der Waals surface area contributed by atoms with Crippen molar-refractivity contribution in [1.82, 2.24) is 10.2 Å². The molecule has 1 N–H and O–H groups in total. The highest BCUT2D eigenvalue weighted by Crippen LogP contribution is 2.76. The van der Waals surface area contributed by atoms with Gasteiger partial charge in [0.25, 0.3) is 0 Å². The molecular weight excluding hydrogens is 545 g/mol. The molecule has 6 rings (SSSR count). The Labute approximate surface area is 266 Å². The third-order valence-corrected chi connectivity index (χ3v) is 18.1. The van der Waals surface area contributed by atoms with E-state index >= 15 is 0 Å². The zero-order chi connectivity index (χ0) is 31.2. The van der Waals surface area contributed by atoms with Gasteiger partial charge in [0, 0.05) is 30.1 Å². The highest BCUT2D eigenvalue weighted by atomic mass is 32.2. The summed E-state index contributed by atoms with van der Waals surface area (Å²) in [6.45, 7) is 27.1. The molecule has 0 radical (unpaired) electrons. The molecule has 1 heterocycles.